The van der Waals surface area contributed by atoms with Gasteiger partial charge in [0.15, 0.2) is 0 Å². The van der Waals surface area contributed by atoms with E-state index in [4.69, 9.17) is 17.3 Å². The minimum Gasteiger partial charge on any atom is -0.320 e. The third-order valence-corrected chi connectivity index (χ3v) is 4.09. The summed E-state index contributed by atoms with van der Waals surface area (Å²) in [5.41, 5.74) is 8.31. The molecule has 0 aliphatic rings. The number of hydrogen-bond acceptors (Lipinski definition) is 1. The zero-order valence-corrected chi connectivity index (χ0v) is 12.1. The molecule has 0 heterocycles. The quantitative estimate of drug-likeness (QED) is 0.856. The Kier molecular flexibility index (Phi) is 4.05. The predicted molar refractivity (Wildman–Crippen MR) is 76.3 cm³/mol. The normalized spacial score (nSPS) is 12.5. The van der Waals surface area contributed by atoms with Gasteiger partial charge in [-0.1, -0.05) is 29.8 Å². The van der Waals surface area contributed by atoms with Crippen molar-refractivity contribution in [2.75, 3.05) is 0 Å². The number of halogens is 3. The van der Waals surface area contributed by atoms with E-state index >= 15 is 0 Å². The molecule has 94 valence electrons. The lowest BCUT2D eigenvalue weighted by Crippen LogP contribution is -2.12. The maximum absolute atomic E-state index is 13.5. The molecule has 0 aromatic heterocycles. The zero-order valence-electron chi connectivity index (χ0n) is 9.75. The molecule has 0 radical (unpaired) electrons. The lowest BCUT2D eigenvalue weighted by atomic mass is 9.98. The Balaban J connectivity index is 2.37. The van der Waals surface area contributed by atoms with Crippen LogP contribution >= 0.6 is 27.5 Å². The molecule has 18 heavy (non-hydrogen) atoms. The van der Waals surface area contributed by atoms with Gasteiger partial charge in [-0.3, -0.25) is 0 Å². The first-order chi connectivity index (χ1) is 8.49. The van der Waals surface area contributed by atoms with Crippen molar-refractivity contribution in [3.63, 3.8) is 0 Å². The second-order valence-corrected chi connectivity index (χ2v) is 5.42. The van der Waals surface area contributed by atoms with Crippen LogP contribution in [-0.4, -0.2) is 0 Å². The van der Waals surface area contributed by atoms with Gasteiger partial charge in [-0.2, -0.15) is 0 Å². The summed E-state index contributed by atoms with van der Waals surface area (Å²) in [6.07, 6.45) is 0. The van der Waals surface area contributed by atoms with Crippen LogP contribution in [0.4, 0.5) is 4.39 Å². The van der Waals surface area contributed by atoms with Crippen LogP contribution in [0.3, 0.4) is 0 Å². The van der Waals surface area contributed by atoms with Gasteiger partial charge in [0.1, 0.15) is 5.82 Å². The van der Waals surface area contributed by atoms with Crippen molar-refractivity contribution >= 4 is 27.5 Å². The van der Waals surface area contributed by atoms with Gasteiger partial charge in [0.05, 0.1) is 11.1 Å². The highest BCUT2D eigenvalue weighted by Crippen LogP contribution is 2.28. The van der Waals surface area contributed by atoms with Crippen molar-refractivity contribution < 1.29 is 4.39 Å². The summed E-state index contributed by atoms with van der Waals surface area (Å²) < 4.78 is 14.3. The van der Waals surface area contributed by atoms with Crippen molar-refractivity contribution in [3.05, 3.63) is 68.4 Å². The average molecular weight is 329 g/mol. The molecular formula is C14H12BrClFN. The van der Waals surface area contributed by atoms with Crippen LogP contribution in [0.25, 0.3) is 0 Å². The Morgan fingerprint density at radius 2 is 1.78 bits per heavy atom. The van der Waals surface area contributed by atoms with Crippen molar-refractivity contribution in [1.82, 2.24) is 0 Å². The molecule has 0 aliphatic heterocycles. The molecule has 1 unspecified atom stereocenters. The topological polar surface area (TPSA) is 26.0 Å². The number of hydrogen-bond donors (Lipinski definition) is 1. The van der Waals surface area contributed by atoms with Crippen LogP contribution in [0.15, 0.2) is 40.9 Å². The molecule has 4 heteroatoms. The molecule has 0 spiro atoms. The zero-order chi connectivity index (χ0) is 13.3. The van der Waals surface area contributed by atoms with E-state index in [2.05, 4.69) is 15.9 Å². The standard InChI is InChI=1S/C14H12BrClFN/c1-8-2-3-10(7-13(8)17)14(18)9-4-5-11(15)12(16)6-9/h2-7,14H,18H2,1H3. The van der Waals surface area contributed by atoms with E-state index in [1.54, 1.807) is 19.1 Å². The van der Waals surface area contributed by atoms with E-state index in [9.17, 15) is 4.39 Å². The average Bonchev–Trinajstić information content (AvgIpc) is 2.35. The summed E-state index contributed by atoms with van der Waals surface area (Å²) in [4.78, 5) is 0. The van der Waals surface area contributed by atoms with Crippen LogP contribution in [-0.2, 0) is 0 Å². The van der Waals surface area contributed by atoms with Gasteiger partial charge in [-0.15, -0.1) is 0 Å². The summed E-state index contributed by atoms with van der Waals surface area (Å²) in [7, 11) is 0. The molecule has 0 bridgehead atoms. The van der Waals surface area contributed by atoms with Crippen LogP contribution in [0, 0.1) is 12.7 Å². The molecule has 0 saturated carbocycles. The van der Waals surface area contributed by atoms with E-state index in [-0.39, 0.29) is 11.9 Å². The fourth-order valence-electron chi connectivity index (χ4n) is 1.70. The van der Waals surface area contributed by atoms with E-state index < -0.39 is 0 Å². The molecule has 1 atom stereocenters. The highest BCUT2D eigenvalue weighted by atomic mass is 79.9. The van der Waals surface area contributed by atoms with Gasteiger partial charge in [-0.25, -0.2) is 4.39 Å². The summed E-state index contributed by atoms with van der Waals surface area (Å²) >= 11 is 9.35. The van der Waals surface area contributed by atoms with Crippen molar-refractivity contribution in [2.24, 2.45) is 5.73 Å². The first-order valence-electron chi connectivity index (χ1n) is 5.45. The van der Waals surface area contributed by atoms with E-state index in [0.717, 1.165) is 15.6 Å². The summed E-state index contributed by atoms with van der Waals surface area (Å²) in [5, 5.41) is 0.593. The fourth-order valence-corrected chi connectivity index (χ4v) is 2.14. The summed E-state index contributed by atoms with van der Waals surface area (Å²) in [5.74, 6) is -0.244. The number of nitrogens with two attached hydrogens (primary N) is 1. The first kappa shape index (κ1) is 13.5. The van der Waals surface area contributed by atoms with Crippen LogP contribution in [0.2, 0.25) is 5.02 Å². The predicted octanol–water partition coefficient (Wildman–Crippen LogP) is 4.60. The van der Waals surface area contributed by atoms with E-state index in [1.807, 2.05) is 18.2 Å². The Bertz CT molecular complexity index is 535. The Morgan fingerprint density at radius 1 is 1.17 bits per heavy atom. The fraction of sp³-hybridized carbons (Fsp3) is 0.143. The molecule has 2 aromatic rings. The Labute approximate surface area is 119 Å². The third kappa shape index (κ3) is 2.74. The van der Waals surface area contributed by atoms with Gasteiger partial charge >= 0.3 is 0 Å². The maximum atomic E-state index is 13.5. The Hall–Kier alpha value is -0.900. The van der Waals surface area contributed by atoms with Crippen LogP contribution in [0.5, 0.6) is 0 Å². The molecule has 0 aliphatic carbocycles. The highest BCUT2D eigenvalue weighted by molar-refractivity contribution is 9.10. The second-order valence-electron chi connectivity index (χ2n) is 4.16. The number of rotatable bonds is 2. The molecule has 2 aromatic carbocycles. The van der Waals surface area contributed by atoms with Gasteiger partial charge in [-0.05, 0) is 57.7 Å². The summed E-state index contributed by atoms with van der Waals surface area (Å²) in [6, 6.07) is 10.1. The lowest BCUT2D eigenvalue weighted by Gasteiger charge is -2.14. The third-order valence-electron chi connectivity index (χ3n) is 2.86. The first-order valence-corrected chi connectivity index (χ1v) is 6.62. The molecule has 0 fully saturated rings. The van der Waals surface area contributed by atoms with Gasteiger partial charge in [0, 0.05) is 4.47 Å². The molecular weight excluding hydrogens is 317 g/mol. The summed E-state index contributed by atoms with van der Waals surface area (Å²) in [6.45, 7) is 1.72. The van der Waals surface area contributed by atoms with Gasteiger partial charge in [0.25, 0.3) is 0 Å². The van der Waals surface area contributed by atoms with Crippen molar-refractivity contribution in [3.8, 4) is 0 Å². The molecule has 0 saturated heterocycles. The lowest BCUT2D eigenvalue weighted by molar-refractivity contribution is 0.614. The van der Waals surface area contributed by atoms with E-state index in [0.29, 0.717) is 10.6 Å². The maximum Gasteiger partial charge on any atom is 0.126 e. The number of aryl methyl sites for hydroxylation is 1. The van der Waals surface area contributed by atoms with Gasteiger partial charge in [0.2, 0.25) is 0 Å². The monoisotopic (exact) mass is 327 g/mol. The number of benzene rings is 2. The molecule has 2 N–H and O–H groups in total. The Morgan fingerprint density at radius 3 is 2.39 bits per heavy atom. The smallest absolute Gasteiger partial charge is 0.126 e. The minimum atomic E-state index is -0.384. The minimum absolute atomic E-state index is 0.244. The molecule has 1 nitrogen and oxygen atoms in total. The SMILES string of the molecule is Cc1ccc(C(N)c2ccc(Br)c(Cl)c2)cc1F. The van der Waals surface area contributed by atoms with Crippen molar-refractivity contribution in [1.29, 1.82) is 0 Å². The highest BCUT2D eigenvalue weighted by Gasteiger charge is 2.12. The van der Waals surface area contributed by atoms with Gasteiger partial charge < -0.3 is 5.73 Å². The molecule has 2 rings (SSSR count). The van der Waals surface area contributed by atoms with E-state index in [1.165, 1.54) is 6.07 Å². The molecule has 0 amide bonds. The van der Waals surface area contributed by atoms with Crippen molar-refractivity contribution in [2.45, 2.75) is 13.0 Å². The second kappa shape index (κ2) is 5.39. The van der Waals surface area contributed by atoms with Crippen LogP contribution in [0.1, 0.15) is 22.7 Å². The van der Waals surface area contributed by atoms with Crippen LogP contribution < -0.4 is 5.73 Å². The largest absolute Gasteiger partial charge is 0.320 e.